The summed E-state index contributed by atoms with van der Waals surface area (Å²) in [7, 11) is 0. The first-order chi connectivity index (χ1) is 14.5. The highest BCUT2D eigenvalue weighted by molar-refractivity contribution is 7.15. The lowest BCUT2D eigenvalue weighted by Crippen LogP contribution is -2.23. The van der Waals surface area contributed by atoms with Crippen LogP contribution in [-0.4, -0.2) is 14.6 Å². The van der Waals surface area contributed by atoms with Crippen LogP contribution in [0.1, 0.15) is 17.1 Å². The van der Waals surface area contributed by atoms with Crippen molar-refractivity contribution in [3.8, 4) is 11.3 Å². The van der Waals surface area contributed by atoms with Crippen molar-refractivity contribution in [2.75, 3.05) is 0 Å². The van der Waals surface area contributed by atoms with Gasteiger partial charge in [0.05, 0.1) is 0 Å². The Hall–Kier alpha value is -2.93. The van der Waals surface area contributed by atoms with Gasteiger partial charge in [-0.05, 0) is 35.9 Å². The standard InChI is InChI=1S/C22H13Cl2N3O2S/c23-15-9-14(10-16(24)11-15)18-7-6-17(29-18)12-19-21(28)27-22(30-19)25-20(26-27)8-13-4-2-1-3-5-13/h1-7,9-12H,8H2/b19-12+. The number of hydrogen-bond donors (Lipinski definition) is 0. The van der Waals surface area contributed by atoms with Crippen LogP contribution in [0.4, 0.5) is 0 Å². The Balaban J connectivity index is 1.46. The van der Waals surface area contributed by atoms with Crippen molar-refractivity contribution in [1.82, 2.24) is 14.6 Å². The van der Waals surface area contributed by atoms with Gasteiger partial charge in [0.15, 0.2) is 5.82 Å². The average Bonchev–Trinajstić information content (AvgIpc) is 3.40. The summed E-state index contributed by atoms with van der Waals surface area (Å²) < 4.78 is 7.70. The van der Waals surface area contributed by atoms with E-state index in [1.807, 2.05) is 36.4 Å². The van der Waals surface area contributed by atoms with Crippen LogP contribution in [0.15, 0.2) is 69.9 Å². The maximum absolute atomic E-state index is 12.7. The van der Waals surface area contributed by atoms with E-state index < -0.39 is 0 Å². The van der Waals surface area contributed by atoms with E-state index in [4.69, 9.17) is 27.6 Å². The van der Waals surface area contributed by atoms with Gasteiger partial charge in [-0.1, -0.05) is 64.9 Å². The molecular weight excluding hydrogens is 441 g/mol. The molecule has 0 aliphatic carbocycles. The molecule has 0 radical (unpaired) electrons. The third kappa shape index (κ3) is 3.77. The van der Waals surface area contributed by atoms with E-state index in [0.717, 1.165) is 11.1 Å². The summed E-state index contributed by atoms with van der Waals surface area (Å²) in [5, 5.41) is 5.42. The molecule has 0 saturated heterocycles. The number of halogens is 2. The molecule has 2 aromatic carbocycles. The zero-order valence-electron chi connectivity index (χ0n) is 15.4. The van der Waals surface area contributed by atoms with Gasteiger partial charge in [-0.3, -0.25) is 4.79 Å². The van der Waals surface area contributed by atoms with E-state index in [-0.39, 0.29) is 5.56 Å². The second-order valence-electron chi connectivity index (χ2n) is 6.66. The van der Waals surface area contributed by atoms with Gasteiger partial charge in [-0.15, -0.1) is 5.10 Å². The number of furan rings is 1. The fraction of sp³-hybridized carbons (Fsp3) is 0.0455. The predicted octanol–water partition coefficient (Wildman–Crippen LogP) is 4.86. The highest BCUT2D eigenvalue weighted by Gasteiger charge is 2.12. The van der Waals surface area contributed by atoms with Crippen molar-refractivity contribution in [3.63, 3.8) is 0 Å². The smallest absolute Gasteiger partial charge is 0.291 e. The quantitative estimate of drug-likeness (QED) is 0.389. The molecular formula is C22H13Cl2N3O2S. The van der Waals surface area contributed by atoms with Crippen LogP contribution < -0.4 is 10.1 Å². The molecule has 5 nitrogen and oxygen atoms in total. The van der Waals surface area contributed by atoms with Gasteiger partial charge in [0, 0.05) is 28.1 Å². The van der Waals surface area contributed by atoms with Crippen LogP contribution in [0.25, 0.3) is 22.4 Å². The molecule has 0 bridgehead atoms. The third-order valence-electron chi connectivity index (χ3n) is 4.48. The molecule has 0 aliphatic rings. The highest BCUT2D eigenvalue weighted by Crippen LogP contribution is 2.28. The van der Waals surface area contributed by atoms with Crippen LogP contribution in [0.3, 0.4) is 0 Å². The second-order valence-corrected chi connectivity index (χ2v) is 8.54. The zero-order chi connectivity index (χ0) is 20.7. The van der Waals surface area contributed by atoms with E-state index in [9.17, 15) is 4.79 Å². The predicted molar refractivity (Wildman–Crippen MR) is 119 cm³/mol. The summed E-state index contributed by atoms with van der Waals surface area (Å²) in [5.41, 5.74) is 1.65. The first-order valence-electron chi connectivity index (χ1n) is 9.05. The molecule has 30 heavy (non-hydrogen) atoms. The summed E-state index contributed by atoms with van der Waals surface area (Å²) in [4.78, 5) is 17.8. The van der Waals surface area contributed by atoms with Gasteiger partial charge in [-0.2, -0.15) is 4.52 Å². The molecule has 0 aliphatic heterocycles. The number of hydrogen-bond acceptors (Lipinski definition) is 5. The molecule has 5 rings (SSSR count). The van der Waals surface area contributed by atoms with Crippen molar-refractivity contribution in [2.24, 2.45) is 0 Å². The number of nitrogens with zero attached hydrogens (tertiary/aromatic N) is 3. The number of fused-ring (bicyclic) bond motifs is 1. The van der Waals surface area contributed by atoms with E-state index >= 15 is 0 Å². The van der Waals surface area contributed by atoms with Crippen molar-refractivity contribution < 1.29 is 4.42 Å². The lowest BCUT2D eigenvalue weighted by Gasteiger charge is -1.99. The Kier molecular flexibility index (Phi) is 4.90. The average molecular weight is 454 g/mol. The Morgan fingerprint density at radius 3 is 2.53 bits per heavy atom. The number of rotatable bonds is 4. The minimum absolute atomic E-state index is 0.217. The molecule has 3 heterocycles. The van der Waals surface area contributed by atoms with Crippen LogP contribution >= 0.6 is 34.5 Å². The first-order valence-corrected chi connectivity index (χ1v) is 10.6. The molecule has 148 valence electrons. The second kappa shape index (κ2) is 7.72. The monoisotopic (exact) mass is 453 g/mol. The van der Waals surface area contributed by atoms with Crippen LogP contribution in [0, 0.1) is 0 Å². The molecule has 8 heteroatoms. The van der Waals surface area contributed by atoms with Crippen LogP contribution in [0.5, 0.6) is 0 Å². The van der Waals surface area contributed by atoms with Crippen molar-refractivity contribution in [1.29, 1.82) is 0 Å². The SMILES string of the molecule is O=c1/c(=C\c2ccc(-c3cc(Cl)cc(Cl)c3)o2)sc2nc(Cc3ccccc3)nn12. The molecule has 0 unspecified atom stereocenters. The molecule has 0 N–H and O–H groups in total. The summed E-state index contributed by atoms with van der Waals surface area (Å²) in [6.45, 7) is 0. The summed E-state index contributed by atoms with van der Waals surface area (Å²) in [6.07, 6.45) is 2.27. The van der Waals surface area contributed by atoms with Gasteiger partial charge < -0.3 is 4.42 Å². The van der Waals surface area contributed by atoms with Gasteiger partial charge >= 0.3 is 0 Å². The lowest BCUT2D eigenvalue weighted by atomic mass is 10.1. The maximum Gasteiger partial charge on any atom is 0.291 e. The molecule has 0 spiro atoms. The molecule has 0 fully saturated rings. The zero-order valence-corrected chi connectivity index (χ0v) is 17.7. The van der Waals surface area contributed by atoms with E-state index in [0.29, 0.717) is 43.3 Å². The van der Waals surface area contributed by atoms with E-state index in [1.165, 1.54) is 15.9 Å². The number of benzene rings is 2. The Labute approximate surface area is 184 Å². The van der Waals surface area contributed by atoms with Crippen LogP contribution in [-0.2, 0) is 6.42 Å². The Morgan fingerprint density at radius 1 is 1.03 bits per heavy atom. The highest BCUT2D eigenvalue weighted by atomic mass is 35.5. The topological polar surface area (TPSA) is 60.4 Å². The number of thiazole rings is 1. The van der Waals surface area contributed by atoms with Gasteiger partial charge in [-0.25, -0.2) is 4.98 Å². The summed E-state index contributed by atoms with van der Waals surface area (Å²) >= 11 is 13.4. The lowest BCUT2D eigenvalue weighted by molar-refractivity contribution is 0.571. The molecule has 3 aromatic heterocycles. The maximum atomic E-state index is 12.7. The minimum atomic E-state index is -0.217. The van der Waals surface area contributed by atoms with E-state index in [2.05, 4.69) is 10.1 Å². The Morgan fingerprint density at radius 2 is 1.80 bits per heavy atom. The Bertz CT molecular complexity index is 1450. The fourth-order valence-electron chi connectivity index (χ4n) is 3.14. The van der Waals surface area contributed by atoms with Gasteiger partial charge in [0.1, 0.15) is 16.1 Å². The van der Waals surface area contributed by atoms with Crippen molar-refractivity contribution in [2.45, 2.75) is 6.42 Å². The minimum Gasteiger partial charge on any atom is -0.457 e. The summed E-state index contributed by atoms with van der Waals surface area (Å²) in [6, 6.07) is 18.7. The van der Waals surface area contributed by atoms with Gasteiger partial charge in [0.2, 0.25) is 4.96 Å². The van der Waals surface area contributed by atoms with Crippen molar-refractivity contribution >= 4 is 45.6 Å². The van der Waals surface area contributed by atoms with Crippen LogP contribution in [0.2, 0.25) is 10.0 Å². The normalized spacial score (nSPS) is 12.1. The summed E-state index contributed by atoms with van der Waals surface area (Å²) in [5.74, 6) is 1.78. The molecule has 0 saturated carbocycles. The molecule has 0 atom stereocenters. The van der Waals surface area contributed by atoms with E-state index in [1.54, 1.807) is 30.3 Å². The molecule has 0 amide bonds. The number of aromatic nitrogens is 3. The fourth-order valence-corrected chi connectivity index (χ4v) is 4.57. The molecule has 5 aromatic rings. The third-order valence-corrected chi connectivity index (χ3v) is 5.87. The largest absolute Gasteiger partial charge is 0.457 e. The van der Waals surface area contributed by atoms with Crippen molar-refractivity contribution in [3.05, 3.63) is 103 Å². The first kappa shape index (κ1) is 19.1. The van der Waals surface area contributed by atoms with Gasteiger partial charge in [0.25, 0.3) is 5.56 Å².